The molecule has 2 saturated carbocycles. The van der Waals surface area contributed by atoms with Crippen LogP contribution in [-0.2, 0) is 4.79 Å². The molecule has 0 saturated heterocycles. The number of allylic oxidation sites excluding steroid dienone is 2. The Morgan fingerprint density at radius 2 is 2.00 bits per heavy atom. The quantitative estimate of drug-likeness (QED) is 0.648. The van der Waals surface area contributed by atoms with Gasteiger partial charge in [0.05, 0.1) is 5.92 Å². The minimum atomic E-state index is -0.577. The lowest BCUT2D eigenvalue weighted by atomic mass is 9.36. The molecule has 0 radical (unpaired) electrons. The first-order valence-electron chi connectivity index (χ1n) is 5.63. The van der Waals surface area contributed by atoms with E-state index in [4.69, 9.17) is 5.11 Å². The molecule has 2 fully saturated rings. The van der Waals surface area contributed by atoms with Crippen molar-refractivity contribution < 1.29 is 9.90 Å². The van der Waals surface area contributed by atoms with Gasteiger partial charge in [-0.25, -0.2) is 0 Å². The lowest BCUT2D eigenvalue weighted by Crippen LogP contribution is -2.63. The molecular formula is C12H16O2. The molecule has 0 bridgehead atoms. The summed E-state index contributed by atoms with van der Waals surface area (Å²) in [6.45, 7) is 0. The summed E-state index contributed by atoms with van der Waals surface area (Å²) in [5.74, 6) is -0.655. The van der Waals surface area contributed by atoms with Gasteiger partial charge in [-0.1, -0.05) is 31.4 Å². The number of aliphatic carboxylic acids is 1. The van der Waals surface area contributed by atoms with Gasteiger partial charge in [-0.2, -0.15) is 0 Å². The number of carboxylic acid groups (broad SMARTS) is 1. The molecular weight excluding hydrogens is 176 g/mol. The van der Waals surface area contributed by atoms with Gasteiger partial charge in [-0.05, 0) is 24.7 Å². The van der Waals surface area contributed by atoms with Crippen LogP contribution in [-0.4, -0.2) is 11.1 Å². The highest BCUT2D eigenvalue weighted by Gasteiger charge is 2.68. The van der Waals surface area contributed by atoms with Gasteiger partial charge < -0.3 is 5.11 Å². The summed E-state index contributed by atoms with van der Waals surface area (Å²) in [5, 5.41) is 9.14. The van der Waals surface area contributed by atoms with Crippen LogP contribution in [0.5, 0.6) is 0 Å². The molecule has 0 aromatic rings. The number of hydrogen-bond donors (Lipinski definition) is 1. The Labute approximate surface area is 84.0 Å². The van der Waals surface area contributed by atoms with E-state index in [1.165, 1.54) is 25.7 Å². The van der Waals surface area contributed by atoms with Crippen LogP contribution in [0.3, 0.4) is 0 Å². The number of rotatable bonds is 1. The van der Waals surface area contributed by atoms with Crippen LogP contribution in [0.1, 0.15) is 38.5 Å². The van der Waals surface area contributed by atoms with Crippen LogP contribution in [0.15, 0.2) is 12.2 Å². The highest BCUT2D eigenvalue weighted by atomic mass is 16.4. The normalized spacial score (nSPS) is 49.3. The van der Waals surface area contributed by atoms with Crippen LogP contribution in [0, 0.1) is 16.7 Å². The van der Waals surface area contributed by atoms with Crippen molar-refractivity contribution in [1.29, 1.82) is 0 Å². The molecule has 0 aliphatic heterocycles. The topological polar surface area (TPSA) is 37.3 Å². The van der Waals surface area contributed by atoms with Crippen LogP contribution < -0.4 is 0 Å². The van der Waals surface area contributed by atoms with Crippen molar-refractivity contribution in [2.75, 3.05) is 0 Å². The maximum Gasteiger partial charge on any atom is 0.307 e. The maximum absolute atomic E-state index is 11.1. The highest BCUT2D eigenvalue weighted by molar-refractivity contribution is 5.75. The third kappa shape index (κ3) is 0.723. The van der Waals surface area contributed by atoms with E-state index in [9.17, 15) is 4.79 Å². The van der Waals surface area contributed by atoms with Crippen molar-refractivity contribution in [2.45, 2.75) is 38.5 Å². The van der Waals surface area contributed by atoms with Crippen molar-refractivity contribution in [2.24, 2.45) is 16.7 Å². The first-order valence-corrected chi connectivity index (χ1v) is 5.63. The van der Waals surface area contributed by atoms with Crippen molar-refractivity contribution >= 4 is 5.97 Å². The summed E-state index contributed by atoms with van der Waals surface area (Å²) < 4.78 is 0. The van der Waals surface area contributed by atoms with Gasteiger partial charge in [-0.3, -0.25) is 4.79 Å². The number of carbonyl (C=O) groups is 1. The molecule has 3 aliphatic carbocycles. The molecule has 76 valence electrons. The molecule has 2 nitrogen and oxygen atoms in total. The molecule has 0 heterocycles. The van der Waals surface area contributed by atoms with Crippen molar-refractivity contribution in [3.8, 4) is 0 Å². The summed E-state index contributed by atoms with van der Waals surface area (Å²) in [4.78, 5) is 11.1. The standard InChI is InChI=1S/C12H16O2/c13-10(14)9-8-11-4-2-1-3-5-12(9,11)7-6-11/h6-7,9H,1-5,8H2,(H,13,14)/t9-,11-,12+/m0/s1. The SMILES string of the molecule is O=C(O)[C@@H]1C[C@]23C=C[C@]12CCCCC3. The van der Waals surface area contributed by atoms with E-state index in [-0.39, 0.29) is 11.3 Å². The summed E-state index contributed by atoms with van der Waals surface area (Å²) in [6.07, 6.45) is 11.5. The molecule has 14 heavy (non-hydrogen) atoms. The molecule has 3 rings (SSSR count). The second-order valence-electron chi connectivity index (χ2n) is 5.19. The highest BCUT2D eigenvalue weighted by Crippen LogP contribution is 2.73. The summed E-state index contributed by atoms with van der Waals surface area (Å²) in [7, 11) is 0. The fraction of sp³-hybridized carbons (Fsp3) is 0.750. The van der Waals surface area contributed by atoms with Crippen molar-refractivity contribution in [3.63, 3.8) is 0 Å². The third-order valence-electron chi connectivity index (χ3n) is 4.83. The molecule has 0 aromatic carbocycles. The minimum Gasteiger partial charge on any atom is -0.481 e. The van der Waals surface area contributed by atoms with E-state index in [1.807, 2.05) is 0 Å². The van der Waals surface area contributed by atoms with E-state index in [0.29, 0.717) is 5.41 Å². The van der Waals surface area contributed by atoms with Crippen molar-refractivity contribution in [1.82, 2.24) is 0 Å². The van der Waals surface area contributed by atoms with Crippen LogP contribution in [0.25, 0.3) is 0 Å². The van der Waals surface area contributed by atoms with E-state index in [0.717, 1.165) is 12.8 Å². The van der Waals surface area contributed by atoms with Crippen LogP contribution in [0.4, 0.5) is 0 Å². The first kappa shape index (κ1) is 8.51. The third-order valence-corrected chi connectivity index (χ3v) is 4.83. The Kier molecular flexibility index (Phi) is 1.47. The zero-order valence-electron chi connectivity index (χ0n) is 8.33. The van der Waals surface area contributed by atoms with E-state index in [2.05, 4.69) is 12.2 Å². The fourth-order valence-corrected chi connectivity index (χ4v) is 3.94. The summed E-state index contributed by atoms with van der Waals surface area (Å²) in [5.41, 5.74) is 0.391. The van der Waals surface area contributed by atoms with E-state index < -0.39 is 5.97 Å². The Morgan fingerprint density at radius 3 is 2.64 bits per heavy atom. The van der Waals surface area contributed by atoms with Crippen LogP contribution >= 0.6 is 0 Å². The predicted octanol–water partition coefficient (Wildman–Crippen LogP) is 2.60. The summed E-state index contributed by atoms with van der Waals surface area (Å²) >= 11 is 0. The van der Waals surface area contributed by atoms with Gasteiger partial charge in [0.15, 0.2) is 0 Å². The van der Waals surface area contributed by atoms with Gasteiger partial charge in [0, 0.05) is 5.41 Å². The monoisotopic (exact) mass is 192 g/mol. The summed E-state index contributed by atoms with van der Waals surface area (Å²) in [6, 6.07) is 0. The second kappa shape index (κ2) is 2.41. The lowest BCUT2D eigenvalue weighted by molar-refractivity contribution is -0.173. The molecule has 2 heteroatoms. The Morgan fingerprint density at radius 1 is 1.21 bits per heavy atom. The van der Waals surface area contributed by atoms with Gasteiger partial charge in [0.1, 0.15) is 0 Å². The van der Waals surface area contributed by atoms with Gasteiger partial charge in [0.25, 0.3) is 0 Å². The Bertz CT molecular complexity index is 320. The van der Waals surface area contributed by atoms with Crippen molar-refractivity contribution in [3.05, 3.63) is 12.2 Å². The second-order valence-corrected chi connectivity index (χ2v) is 5.19. The average Bonchev–Trinajstić information content (AvgIpc) is 2.26. The molecule has 0 amide bonds. The molecule has 3 atom stereocenters. The van der Waals surface area contributed by atoms with E-state index in [1.54, 1.807) is 0 Å². The fourth-order valence-electron chi connectivity index (χ4n) is 3.94. The minimum absolute atomic E-state index is 0.0781. The van der Waals surface area contributed by atoms with Gasteiger partial charge in [0.2, 0.25) is 0 Å². The number of carboxylic acids is 1. The number of hydrogen-bond acceptors (Lipinski definition) is 1. The Hall–Kier alpha value is -0.790. The zero-order valence-corrected chi connectivity index (χ0v) is 8.33. The lowest BCUT2D eigenvalue weighted by Gasteiger charge is -2.66. The zero-order chi connectivity index (χ0) is 9.81. The molecule has 0 spiro atoms. The molecule has 0 aromatic heterocycles. The predicted molar refractivity (Wildman–Crippen MR) is 52.8 cm³/mol. The molecule has 1 N–H and O–H groups in total. The average molecular weight is 192 g/mol. The smallest absolute Gasteiger partial charge is 0.307 e. The van der Waals surface area contributed by atoms with E-state index >= 15 is 0 Å². The first-order chi connectivity index (χ1) is 6.70. The molecule has 0 unspecified atom stereocenters. The van der Waals surface area contributed by atoms with Crippen LogP contribution in [0.2, 0.25) is 0 Å². The largest absolute Gasteiger partial charge is 0.481 e. The van der Waals surface area contributed by atoms with Gasteiger partial charge >= 0.3 is 5.97 Å². The maximum atomic E-state index is 11.1. The molecule has 3 aliphatic rings. The Balaban J connectivity index is 1.94. The van der Waals surface area contributed by atoms with Gasteiger partial charge in [-0.15, -0.1) is 0 Å².